The van der Waals surface area contributed by atoms with Gasteiger partial charge in [0.1, 0.15) is 0 Å². The molecule has 0 aliphatic heterocycles. The maximum Gasteiger partial charge on any atom is 0.186 e. The van der Waals surface area contributed by atoms with Crippen LogP contribution in [0.5, 0.6) is 0 Å². The summed E-state index contributed by atoms with van der Waals surface area (Å²) in [6.07, 6.45) is 6.53. The first-order chi connectivity index (χ1) is 9.67. The maximum atomic E-state index is 5.00. The van der Waals surface area contributed by atoms with E-state index in [9.17, 15) is 0 Å². The second-order valence-corrected chi connectivity index (χ2v) is 7.17. The van der Waals surface area contributed by atoms with Crippen LogP contribution in [0, 0.1) is 0 Å². The Hall–Kier alpha value is -0.610. The van der Waals surface area contributed by atoms with Crippen molar-refractivity contribution in [2.24, 2.45) is 0 Å². The van der Waals surface area contributed by atoms with E-state index in [1.54, 1.807) is 0 Å². The third-order valence-corrected chi connectivity index (χ3v) is 5.00. The van der Waals surface area contributed by atoms with Gasteiger partial charge in [0.05, 0.1) is 5.69 Å². The first-order valence-electron chi connectivity index (χ1n) is 8.08. The van der Waals surface area contributed by atoms with Crippen molar-refractivity contribution >= 4 is 16.5 Å². The number of nitrogens with zero attached hydrogens (tertiary/aromatic N) is 2. The molecule has 1 aromatic rings. The summed E-state index contributed by atoms with van der Waals surface area (Å²) < 4.78 is 0. The molecule has 114 valence electrons. The zero-order chi connectivity index (χ0) is 14.5. The number of hydrogen-bond acceptors (Lipinski definition) is 4. The summed E-state index contributed by atoms with van der Waals surface area (Å²) in [4.78, 5) is 8.94. The average molecular weight is 295 g/mol. The molecule has 0 atom stereocenters. The quantitative estimate of drug-likeness (QED) is 0.694. The van der Waals surface area contributed by atoms with Crippen molar-refractivity contribution in [3.63, 3.8) is 0 Å². The minimum Gasteiger partial charge on any atom is -0.346 e. The fraction of sp³-hybridized carbons (Fsp3) is 0.812. The van der Waals surface area contributed by atoms with Gasteiger partial charge in [-0.15, -0.1) is 11.3 Å². The highest BCUT2D eigenvalue weighted by atomic mass is 32.1. The Bertz CT molecular complexity index is 410. The highest BCUT2D eigenvalue weighted by Crippen LogP contribution is 2.44. The van der Waals surface area contributed by atoms with Gasteiger partial charge < -0.3 is 10.2 Å². The van der Waals surface area contributed by atoms with Gasteiger partial charge in [-0.2, -0.15) is 0 Å². The van der Waals surface area contributed by atoms with Gasteiger partial charge in [-0.3, -0.25) is 0 Å². The molecule has 0 radical (unpaired) electrons. The van der Waals surface area contributed by atoms with E-state index in [1.165, 1.54) is 47.8 Å². The molecular weight excluding hydrogens is 266 g/mol. The number of thiazole rings is 1. The standard InChI is InChI=1S/C16H29N3S/c1-5-6-7-10-19(12(2)3)16-18-15(13-8-9-13)14(20-16)11-17-4/h12-13,17H,5-11H2,1-4H3. The SMILES string of the molecule is CCCCCN(c1nc(C2CC2)c(CNC)s1)C(C)C. The monoisotopic (exact) mass is 295 g/mol. The molecule has 1 aromatic heterocycles. The molecule has 1 aliphatic rings. The minimum atomic E-state index is 0.535. The van der Waals surface area contributed by atoms with E-state index in [4.69, 9.17) is 4.98 Å². The van der Waals surface area contributed by atoms with Crippen molar-refractivity contribution in [3.8, 4) is 0 Å². The van der Waals surface area contributed by atoms with Gasteiger partial charge in [0, 0.05) is 29.9 Å². The van der Waals surface area contributed by atoms with E-state index < -0.39 is 0 Å². The number of unbranched alkanes of at least 4 members (excludes halogenated alkanes) is 2. The lowest BCUT2D eigenvalue weighted by atomic mass is 10.2. The molecule has 1 N–H and O–H groups in total. The van der Waals surface area contributed by atoms with E-state index in [1.807, 2.05) is 18.4 Å². The molecule has 0 bridgehead atoms. The van der Waals surface area contributed by atoms with E-state index >= 15 is 0 Å². The molecule has 0 spiro atoms. The van der Waals surface area contributed by atoms with Gasteiger partial charge in [0.25, 0.3) is 0 Å². The summed E-state index contributed by atoms with van der Waals surface area (Å²) in [6.45, 7) is 8.93. The van der Waals surface area contributed by atoms with Crippen LogP contribution in [0.2, 0.25) is 0 Å². The van der Waals surface area contributed by atoms with Crippen molar-refractivity contribution in [3.05, 3.63) is 10.6 Å². The third kappa shape index (κ3) is 3.95. The van der Waals surface area contributed by atoms with Crippen LogP contribution in [0.4, 0.5) is 5.13 Å². The Kier molecular flexibility index (Phi) is 5.85. The first-order valence-corrected chi connectivity index (χ1v) is 8.89. The molecule has 1 fully saturated rings. The third-order valence-electron chi connectivity index (χ3n) is 3.89. The minimum absolute atomic E-state index is 0.535. The second-order valence-electron chi connectivity index (χ2n) is 6.10. The summed E-state index contributed by atoms with van der Waals surface area (Å²) in [5.41, 5.74) is 1.38. The molecule has 0 saturated heterocycles. The zero-order valence-electron chi connectivity index (χ0n) is 13.4. The molecule has 1 aliphatic carbocycles. The number of rotatable bonds is 9. The zero-order valence-corrected chi connectivity index (χ0v) is 14.2. The first kappa shape index (κ1) is 15.8. The van der Waals surface area contributed by atoms with Crippen LogP contribution in [0.3, 0.4) is 0 Å². The van der Waals surface area contributed by atoms with E-state index in [2.05, 4.69) is 31.0 Å². The van der Waals surface area contributed by atoms with Gasteiger partial charge in [-0.05, 0) is 40.2 Å². The predicted octanol–water partition coefficient (Wildman–Crippen LogP) is 4.14. The largest absolute Gasteiger partial charge is 0.346 e. The van der Waals surface area contributed by atoms with Crippen molar-refractivity contribution in [2.75, 3.05) is 18.5 Å². The summed E-state index contributed by atoms with van der Waals surface area (Å²) in [6, 6.07) is 0.535. The second kappa shape index (κ2) is 7.41. The summed E-state index contributed by atoms with van der Waals surface area (Å²) >= 11 is 1.90. The molecule has 1 heterocycles. The van der Waals surface area contributed by atoms with Gasteiger partial charge in [-0.1, -0.05) is 19.8 Å². The van der Waals surface area contributed by atoms with Crippen LogP contribution < -0.4 is 10.2 Å². The average Bonchev–Trinajstić information content (AvgIpc) is 3.17. The lowest BCUT2D eigenvalue weighted by Gasteiger charge is -2.26. The van der Waals surface area contributed by atoms with Gasteiger partial charge in [0.15, 0.2) is 5.13 Å². The van der Waals surface area contributed by atoms with Crippen molar-refractivity contribution in [1.82, 2.24) is 10.3 Å². The van der Waals surface area contributed by atoms with E-state index in [0.717, 1.165) is 19.0 Å². The Morgan fingerprint density at radius 2 is 2.10 bits per heavy atom. The van der Waals surface area contributed by atoms with Crippen LogP contribution in [0.25, 0.3) is 0 Å². The summed E-state index contributed by atoms with van der Waals surface area (Å²) in [5.74, 6) is 0.744. The fourth-order valence-corrected chi connectivity index (χ4v) is 3.86. The molecule has 20 heavy (non-hydrogen) atoms. The molecule has 0 unspecified atom stereocenters. The Balaban J connectivity index is 2.12. The van der Waals surface area contributed by atoms with Gasteiger partial charge >= 0.3 is 0 Å². The summed E-state index contributed by atoms with van der Waals surface area (Å²) in [5, 5.41) is 4.53. The van der Waals surface area contributed by atoms with Crippen LogP contribution in [0.15, 0.2) is 0 Å². The predicted molar refractivity (Wildman–Crippen MR) is 88.9 cm³/mol. The molecule has 0 amide bonds. The number of hydrogen-bond donors (Lipinski definition) is 1. The van der Waals surface area contributed by atoms with Crippen LogP contribution in [0.1, 0.15) is 69.4 Å². The lowest BCUT2D eigenvalue weighted by Crippen LogP contribution is -2.31. The van der Waals surface area contributed by atoms with Crippen molar-refractivity contribution < 1.29 is 0 Å². The molecule has 0 aromatic carbocycles. The number of anilines is 1. The molecule has 4 heteroatoms. The highest BCUT2D eigenvalue weighted by molar-refractivity contribution is 7.15. The molecule has 1 saturated carbocycles. The molecular formula is C16H29N3S. The smallest absolute Gasteiger partial charge is 0.186 e. The highest BCUT2D eigenvalue weighted by Gasteiger charge is 2.30. The lowest BCUT2D eigenvalue weighted by molar-refractivity contribution is 0.624. The number of aromatic nitrogens is 1. The van der Waals surface area contributed by atoms with Crippen LogP contribution in [-0.2, 0) is 6.54 Å². The normalized spacial score (nSPS) is 15.1. The Morgan fingerprint density at radius 1 is 1.35 bits per heavy atom. The summed E-state index contributed by atoms with van der Waals surface area (Å²) in [7, 11) is 2.03. The Morgan fingerprint density at radius 3 is 2.65 bits per heavy atom. The Labute approximate surface area is 127 Å². The van der Waals surface area contributed by atoms with Gasteiger partial charge in [-0.25, -0.2) is 4.98 Å². The van der Waals surface area contributed by atoms with E-state index in [-0.39, 0.29) is 0 Å². The van der Waals surface area contributed by atoms with Crippen LogP contribution >= 0.6 is 11.3 Å². The van der Waals surface area contributed by atoms with Crippen molar-refractivity contribution in [1.29, 1.82) is 0 Å². The van der Waals surface area contributed by atoms with Crippen molar-refractivity contribution in [2.45, 2.75) is 71.4 Å². The fourth-order valence-electron chi connectivity index (χ4n) is 2.54. The molecule has 2 rings (SSSR count). The van der Waals surface area contributed by atoms with Gasteiger partial charge in [0.2, 0.25) is 0 Å². The number of nitrogens with one attached hydrogen (secondary N) is 1. The van der Waals surface area contributed by atoms with E-state index in [0.29, 0.717) is 6.04 Å². The topological polar surface area (TPSA) is 28.2 Å². The van der Waals surface area contributed by atoms with Crippen LogP contribution in [-0.4, -0.2) is 24.6 Å². The molecule has 3 nitrogen and oxygen atoms in total. The maximum absolute atomic E-state index is 5.00.